The van der Waals surface area contributed by atoms with Gasteiger partial charge in [0.25, 0.3) is 6.43 Å². The van der Waals surface area contributed by atoms with Crippen LogP contribution in [-0.4, -0.2) is 46.7 Å². The lowest BCUT2D eigenvalue weighted by atomic mass is 9.46. The van der Waals surface area contributed by atoms with Gasteiger partial charge in [-0.25, -0.2) is 8.78 Å². The normalized spacial score (nSPS) is 48.0. The topological polar surface area (TPSA) is 69.6 Å². The van der Waals surface area contributed by atoms with Gasteiger partial charge in [-0.3, -0.25) is 4.79 Å². The van der Waals surface area contributed by atoms with Crippen molar-refractivity contribution >= 4 is 5.78 Å². The Hall–Kier alpha value is -0.850. The second-order valence-corrected chi connectivity index (χ2v) is 10.6. The smallest absolute Gasteiger partial charge is 0.250 e. The summed E-state index contributed by atoms with van der Waals surface area (Å²) in [7, 11) is 0. The molecule has 29 heavy (non-hydrogen) atoms. The summed E-state index contributed by atoms with van der Waals surface area (Å²) in [5.41, 5.74) is -0.813. The second-order valence-electron chi connectivity index (χ2n) is 10.6. The van der Waals surface area contributed by atoms with E-state index in [-0.39, 0.29) is 41.5 Å². The van der Waals surface area contributed by atoms with Crippen LogP contribution in [0.5, 0.6) is 0 Å². The molecule has 0 aromatic rings. The van der Waals surface area contributed by atoms with Gasteiger partial charge in [0.1, 0.15) is 0 Å². The predicted molar refractivity (Wildman–Crippen MR) is 107 cm³/mol. The Morgan fingerprint density at radius 1 is 1.17 bits per heavy atom. The maximum Gasteiger partial charge on any atom is 0.250 e. The number of hydrogen-bond donors (Lipinski definition) is 3. The molecule has 6 heteroatoms. The van der Waals surface area contributed by atoms with E-state index in [0.717, 1.165) is 31.3 Å². The number of fused-ring (bicyclic) bond motifs is 5. The van der Waals surface area contributed by atoms with Crippen LogP contribution in [0.1, 0.15) is 65.7 Å². The largest absolute Gasteiger partial charge is 0.393 e. The van der Waals surface area contributed by atoms with Gasteiger partial charge in [-0.2, -0.15) is 0 Å². The zero-order chi connectivity index (χ0) is 21.2. The summed E-state index contributed by atoms with van der Waals surface area (Å²) in [4.78, 5) is 13.1. The summed E-state index contributed by atoms with van der Waals surface area (Å²) in [5.74, 6) is 0.111. The minimum atomic E-state index is -2.39. The second kappa shape index (κ2) is 7.10. The lowest BCUT2D eigenvalue weighted by Crippen LogP contribution is -2.60. The summed E-state index contributed by atoms with van der Waals surface area (Å²) in [5, 5.41) is 25.1. The van der Waals surface area contributed by atoms with Crippen molar-refractivity contribution in [3.63, 3.8) is 0 Å². The first kappa shape index (κ1) is 21.4. The van der Waals surface area contributed by atoms with E-state index in [9.17, 15) is 23.8 Å². The number of nitrogens with one attached hydrogen (secondary N) is 1. The molecule has 4 nitrogen and oxygen atoms in total. The van der Waals surface area contributed by atoms with Crippen molar-refractivity contribution in [3.05, 3.63) is 11.6 Å². The fourth-order valence-corrected chi connectivity index (χ4v) is 7.58. The summed E-state index contributed by atoms with van der Waals surface area (Å²) < 4.78 is 25.4. The molecule has 3 fully saturated rings. The fraction of sp³-hybridized carbons (Fsp3) is 0.870. The van der Waals surface area contributed by atoms with Crippen molar-refractivity contribution in [1.82, 2.24) is 5.32 Å². The van der Waals surface area contributed by atoms with Crippen molar-refractivity contribution in [1.29, 1.82) is 0 Å². The average Bonchev–Trinajstić information content (AvgIpc) is 2.93. The number of alkyl halides is 2. The number of allylic oxidation sites excluding steroid dienone is 1. The van der Waals surface area contributed by atoms with Crippen LogP contribution in [0.3, 0.4) is 0 Å². The van der Waals surface area contributed by atoms with Gasteiger partial charge in [-0.05, 0) is 80.8 Å². The summed E-state index contributed by atoms with van der Waals surface area (Å²) >= 11 is 0. The van der Waals surface area contributed by atoms with Gasteiger partial charge in [0.05, 0.1) is 18.2 Å². The Morgan fingerprint density at radius 3 is 2.59 bits per heavy atom. The molecule has 0 amide bonds. The van der Waals surface area contributed by atoms with Crippen molar-refractivity contribution < 1.29 is 23.8 Å². The molecule has 4 aliphatic carbocycles. The summed E-state index contributed by atoms with van der Waals surface area (Å²) in [6.45, 7) is 5.87. The molecule has 0 aliphatic heterocycles. The fourth-order valence-electron chi connectivity index (χ4n) is 7.58. The van der Waals surface area contributed by atoms with Gasteiger partial charge >= 0.3 is 0 Å². The van der Waals surface area contributed by atoms with Crippen molar-refractivity contribution in [2.75, 3.05) is 6.54 Å². The van der Waals surface area contributed by atoms with E-state index in [1.807, 2.05) is 6.92 Å². The highest BCUT2D eigenvalue weighted by atomic mass is 19.3. The van der Waals surface area contributed by atoms with Crippen LogP contribution in [0.2, 0.25) is 0 Å². The van der Waals surface area contributed by atoms with Crippen LogP contribution in [0.25, 0.3) is 0 Å². The average molecular weight is 412 g/mol. The number of carbonyl (C=O) groups is 1. The van der Waals surface area contributed by atoms with E-state index in [0.29, 0.717) is 19.3 Å². The van der Waals surface area contributed by atoms with Gasteiger partial charge in [0.2, 0.25) is 0 Å². The SMILES string of the molecule is CC(NCC(F)F)C1CC[C@@]2(O)C3=CC(=O)C4CC(O)CCC4(C)C3CCC12C. The molecular formula is C23H35F2NO3. The minimum Gasteiger partial charge on any atom is -0.393 e. The molecule has 0 saturated heterocycles. The van der Waals surface area contributed by atoms with Crippen LogP contribution in [-0.2, 0) is 4.79 Å². The molecule has 0 heterocycles. The van der Waals surface area contributed by atoms with Crippen molar-refractivity contribution in [3.8, 4) is 0 Å². The predicted octanol–water partition coefficient (Wildman–Crippen LogP) is 3.46. The first-order chi connectivity index (χ1) is 13.5. The van der Waals surface area contributed by atoms with Crippen LogP contribution in [0, 0.1) is 28.6 Å². The Labute approximate surface area is 172 Å². The Kier molecular flexibility index (Phi) is 5.23. The van der Waals surface area contributed by atoms with E-state index in [4.69, 9.17) is 0 Å². The van der Waals surface area contributed by atoms with Crippen LogP contribution < -0.4 is 5.32 Å². The minimum absolute atomic E-state index is 0.0440. The molecule has 7 unspecified atom stereocenters. The molecule has 164 valence electrons. The van der Waals surface area contributed by atoms with E-state index in [2.05, 4.69) is 19.2 Å². The van der Waals surface area contributed by atoms with Gasteiger partial charge < -0.3 is 15.5 Å². The molecule has 0 spiro atoms. The molecule has 0 aromatic carbocycles. The van der Waals surface area contributed by atoms with E-state index >= 15 is 0 Å². The number of aliphatic hydroxyl groups is 2. The Morgan fingerprint density at radius 2 is 1.90 bits per heavy atom. The van der Waals surface area contributed by atoms with Gasteiger partial charge in [0, 0.05) is 17.4 Å². The molecule has 0 radical (unpaired) electrons. The summed E-state index contributed by atoms with van der Waals surface area (Å²) in [6.07, 6.45) is 3.99. The van der Waals surface area contributed by atoms with Crippen LogP contribution in [0.4, 0.5) is 8.78 Å². The Balaban J connectivity index is 1.66. The third-order valence-electron chi connectivity index (χ3n) is 9.34. The zero-order valence-corrected chi connectivity index (χ0v) is 17.8. The highest BCUT2D eigenvalue weighted by Gasteiger charge is 2.66. The number of carbonyl (C=O) groups excluding carboxylic acids is 1. The molecule has 3 N–H and O–H groups in total. The zero-order valence-electron chi connectivity index (χ0n) is 17.8. The van der Waals surface area contributed by atoms with Crippen LogP contribution >= 0.6 is 0 Å². The van der Waals surface area contributed by atoms with Crippen molar-refractivity contribution in [2.24, 2.45) is 28.6 Å². The van der Waals surface area contributed by atoms with Crippen LogP contribution in [0.15, 0.2) is 11.6 Å². The van der Waals surface area contributed by atoms with Gasteiger partial charge in [-0.15, -0.1) is 0 Å². The lowest BCUT2D eigenvalue weighted by Gasteiger charge is -2.59. The molecule has 0 aromatic heterocycles. The maximum absolute atomic E-state index is 13.1. The molecule has 0 bridgehead atoms. The number of aliphatic hydroxyl groups excluding tert-OH is 1. The number of hydrogen-bond acceptors (Lipinski definition) is 4. The van der Waals surface area contributed by atoms with E-state index in [1.54, 1.807) is 6.08 Å². The summed E-state index contributed by atoms with van der Waals surface area (Å²) in [6, 6.07) is -0.118. The Bertz CT molecular complexity index is 712. The monoisotopic (exact) mass is 411 g/mol. The molecule has 4 aliphatic rings. The molecular weight excluding hydrogens is 376 g/mol. The first-order valence-corrected chi connectivity index (χ1v) is 11.2. The molecule has 8 atom stereocenters. The molecule has 3 saturated carbocycles. The highest BCUT2D eigenvalue weighted by molar-refractivity contribution is 5.95. The maximum atomic E-state index is 13.1. The van der Waals surface area contributed by atoms with Gasteiger partial charge in [0.15, 0.2) is 5.78 Å². The third kappa shape index (κ3) is 3.04. The number of halogens is 2. The van der Waals surface area contributed by atoms with E-state index < -0.39 is 23.5 Å². The van der Waals surface area contributed by atoms with Gasteiger partial charge in [-0.1, -0.05) is 13.8 Å². The highest BCUT2D eigenvalue weighted by Crippen LogP contribution is 2.67. The number of ketones is 1. The van der Waals surface area contributed by atoms with Crippen molar-refractivity contribution in [2.45, 2.75) is 89.9 Å². The number of rotatable bonds is 4. The third-order valence-corrected chi connectivity index (χ3v) is 9.34. The lowest BCUT2D eigenvalue weighted by molar-refractivity contribution is -0.140. The quantitative estimate of drug-likeness (QED) is 0.663. The standard InChI is InChI=1S/C23H35F2NO3/c1-13(26-12-20(24)25)15-6-9-23(29)17-11-19(28)18-10-14(27)4-7-21(18,2)16(17)5-8-22(15,23)3/h11,13-16,18,20,26-27,29H,4-10,12H2,1-3H3/t13?,14?,15?,16?,18?,21?,22?,23-/m1/s1. The molecule has 4 rings (SSSR count). The first-order valence-electron chi connectivity index (χ1n) is 11.2. The van der Waals surface area contributed by atoms with E-state index in [1.165, 1.54) is 0 Å².